The number of primary amides is 1. The molecule has 1 aliphatic rings. The second kappa shape index (κ2) is 9.47. The smallest absolute Gasteiger partial charge is 0.267 e. The van der Waals surface area contributed by atoms with Crippen molar-refractivity contribution in [3.63, 3.8) is 0 Å². The monoisotopic (exact) mass is 452 g/mol. The molecular weight excluding hydrogens is 434 g/mol. The van der Waals surface area contributed by atoms with E-state index in [9.17, 15) is 18.4 Å². The third-order valence-electron chi connectivity index (χ3n) is 4.79. The van der Waals surface area contributed by atoms with E-state index in [-0.39, 0.29) is 40.6 Å². The number of benzene rings is 1. The third kappa shape index (κ3) is 5.32. The van der Waals surface area contributed by atoms with E-state index in [1.807, 2.05) is 0 Å². The number of hydrogen-bond donors (Lipinski definition) is 2. The Labute approximate surface area is 186 Å². The molecule has 2 amide bonds. The van der Waals surface area contributed by atoms with Crippen LogP contribution in [0.5, 0.6) is 11.6 Å². The number of rotatable bonds is 7. The van der Waals surface area contributed by atoms with Gasteiger partial charge in [0.05, 0.1) is 5.92 Å². The minimum atomic E-state index is -2.61. The standard InChI is InChI=1S/C22H18F2N6O3/c23-19(24)13-3-6-18(28-10-13)33-15-4-1-12(2-5-15)21-29-16(20(25)31)9-17(30-21)27-11-14-7-8-26-22(14)32/h1-6,9-11,14,19H,7-8H2,(H2,25,31)(H,26,32). The first-order valence-electron chi connectivity index (χ1n) is 9.92. The SMILES string of the molecule is NC(=O)c1cc(N=CC2CCNC2=O)nc(-c2ccc(Oc3ccc(C(F)F)cn3)cc2)n1. The lowest BCUT2D eigenvalue weighted by Gasteiger charge is -2.08. The summed E-state index contributed by atoms with van der Waals surface area (Å²) in [7, 11) is 0. The summed E-state index contributed by atoms with van der Waals surface area (Å²) in [6.45, 7) is 0.581. The van der Waals surface area contributed by atoms with Crippen LogP contribution in [0.15, 0.2) is 53.7 Å². The predicted molar refractivity (Wildman–Crippen MR) is 115 cm³/mol. The molecule has 168 valence electrons. The largest absolute Gasteiger partial charge is 0.439 e. The average Bonchev–Trinajstić information content (AvgIpc) is 3.23. The highest BCUT2D eigenvalue weighted by molar-refractivity contribution is 5.96. The molecule has 9 nitrogen and oxygen atoms in total. The number of carbonyl (C=O) groups excluding carboxylic acids is 2. The molecule has 33 heavy (non-hydrogen) atoms. The molecule has 0 aliphatic carbocycles. The van der Waals surface area contributed by atoms with Gasteiger partial charge in [0, 0.05) is 42.2 Å². The van der Waals surface area contributed by atoms with E-state index in [1.54, 1.807) is 24.3 Å². The van der Waals surface area contributed by atoms with E-state index in [0.29, 0.717) is 24.3 Å². The Bertz CT molecular complexity index is 1200. The number of aromatic nitrogens is 3. The van der Waals surface area contributed by atoms with Crippen molar-refractivity contribution in [1.29, 1.82) is 0 Å². The van der Waals surface area contributed by atoms with Gasteiger partial charge in [-0.2, -0.15) is 0 Å². The number of amides is 2. The molecule has 1 aromatic carbocycles. The number of nitrogens with one attached hydrogen (secondary N) is 1. The lowest BCUT2D eigenvalue weighted by molar-refractivity contribution is -0.120. The van der Waals surface area contributed by atoms with Gasteiger partial charge in [0.15, 0.2) is 11.6 Å². The van der Waals surface area contributed by atoms with Gasteiger partial charge in [-0.3, -0.25) is 9.59 Å². The summed E-state index contributed by atoms with van der Waals surface area (Å²) >= 11 is 0. The molecule has 0 bridgehead atoms. The van der Waals surface area contributed by atoms with Crippen LogP contribution >= 0.6 is 0 Å². The molecule has 3 aromatic rings. The van der Waals surface area contributed by atoms with E-state index in [0.717, 1.165) is 6.20 Å². The van der Waals surface area contributed by atoms with Gasteiger partial charge >= 0.3 is 0 Å². The van der Waals surface area contributed by atoms with Crippen molar-refractivity contribution in [1.82, 2.24) is 20.3 Å². The Morgan fingerprint density at radius 2 is 2.00 bits per heavy atom. The molecule has 1 fully saturated rings. The minimum absolute atomic E-state index is 0.0216. The van der Waals surface area contributed by atoms with E-state index >= 15 is 0 Å². The second-order valence-electron chi connectivity index (χ2n) is 7.12. The Morgan fingerprint density at radius 1 is 1.21 bits per heavy atom. The first kappa shape index (κ1) is 21.9. The zero-order chi connectivity index (χ0) is 23.4. The van der Waals surface area contributed by atoms with Crippen LogP contribution < -0.4 is 15.8 Å². The topological polar surface area (TPSA) is 132 Å². The number of alkyl halides is 2. The number of nitrogens with zero attached hydrogens (tertiary/aromatic N) is 4. The molecule has 3 N–H and O–H groups in total. The number of hydrogen-bond acceptors (Lipinski definition) is 7. The number of aliphatic imine (C=N–C) groups is 1. The lowest BCUT2D eigenvalue weighted by atomic mass is 10.1. The molecule has 1 unspecified atom stereocenters. The number of nitrogens with two attached hydrogens (primary N) is 1. The molecule has 11 heteroatoms. The van der Waals surface area contributed by atoms with Crippen molar-refractivity contribution in [2.45, 2.75) is 12.8 Å². The number of carbonyl (C=O) groups is 2. The molecule has 1 aliphatic heterocycles. The fourth-order valence-electron chi connectivity index (χ4n) is 3.05. The van der Waals surface area contributed by atoms with Crippen LogP contribution in [0.4, 0.5) is 14.6 Å². The van der Waals surface area contributed by atoms with Gasteiger partial charge in [-0.15, -0.1) is 0 Å². The van der Waals surface area contributed by atoms with Gasteiger partial charge in [-0.05, 0) is 36.8 Å². The zero-order valence-corrected chi connectivity index (χ0v) is 17.1. The van der Waals surface area contributed by atoms with Crippen molar-refractivity contribution in [2.75, 3.05) is 6.54 Å². The number of ether oxygens (including phenoxy) is 1. The first-order chi connectivity index (χ1) is 15.9. The molecule has 2 aromatic heterocycles. The molecule has 1 atom stereocenters. The van der Waals surface area contributed by atoms with Crippen molar-refractivity contribution in [3.8, 4) is 23.0 Å². The molecule has 4 rings (SSSR count). The Morgan fingerprint density at radius 3 is 2.61 bits per heavy atom. The Hall–Kier alpha value is -4.28. The van der Waals surface area contributed by atoms with Crippen molar-refractivity contribution < 1.29 is 23.1 Å². The highest BCUT2D eigenvalue weighted by atomic mass is 19.3. The van der Waals surface area contributed by atoms with Crippen molar-refractivity contribution >= 4 is 23.8 Å². The molecule has 0 radical (unpaired) electrons. The summed E-state index contributed by atoms with van der Waals surface area (Å²) in [5.74, 6) is -0.249. The highest BCUT2D eigenvalue weighted by Gasteiger charge is 2.22. The fourth-order valence-corrected chi connectivity index (χ4v) is 3.05. The maximum atomic E-state index is 12.6. The highest BCUT2D eigenvalue weighted by Crippen LogP contribution is 2.26. The molecule has 0 saturated carbocycles. The molecular formula is C22H18F2N6O3. The second-order valence-corrected chi connectivity index (χ2v) is 7.12. The molecule has 1 saturated heterocycles. The van der Waals surface area contributed by atoms with Crippen LogP contribution in [-0.2, 0) is 4.79 Å². The maximum absolute atomic E-state index is 12.6. The van der Waals surface area contributed by atoms with Crippen molar-refractivity contribution in [2.24, 2.45) is 16.6 Å². The normalized spacial score (nSPS) is 15.7. The van der Waals surface area contributed by atoms with E-state index in [4.69, 9.17) is 10.5 Å². The van der Waals surface area contributed by atoms with E-state index in [2.05, 4.69) is 25.3 Å². The van der Waals surface area contributed by atoms with Crippen LogP contribution in [0, 0.1) is 5.92 Å². The van der Waals surface area contributed by atoms with E-state index < -0.39 is 12.3 Å². The lowest BCUT2D eigenvalue weighted by Crippen LogP contribution is -2.19. The summed E-state index contributed by atoms with van der Waals surface area (Å²) in [6.07, 6.45) is 0.563. The quantitative estimate of drug-likeness (QED) is 0.529. The van der Waals surface area contributed by atoms with Gasteiger partial charge in [0.25, 0.3) is 12.3 Å². The number of halogens is 2. The fraction of sp³-hybridized carbons (Fsp3) is 0.182. The van der Waals surface area contributed by atoms with Crippen LogP contribution in [0.25, 0.3) is 11.4 Å². The summed E-state index contributed by atoms with van der Waals surface area (Å²) in [6, 6.07) is 10.5. The van der Waals surface area contributed by atoms with Crippen LogP contribution in [0.2, 0.25) is 0 Å². The first-order valence-corrected chi connectivity index (χ1v) is 9.92. The molecule has 3 heterocycles. The Balaban J connectivity index is 1.55. The van der Waals surface area contributed by atoms with Gasteiger partial charge in [-0.25, -0.2) is 28.7 Å². The predicted octanol–water partition coefficient (Wildman–Crippen LogP) is 3.21. The summed E-state index contributed by atoms with van der Waals surface area (Å²) in [5, 5.41) is 2.72. The van der Waals surface area contributed by atoms with Crippen LogP contribution in [-0.4, -0.2) is 39.5 Å². The molecule has 0 spiro atoms. The Kier molecular flexibility index (Phi) is 6.29. The van der Waals surface area contributed by atoms with Crippen LogP contribution in [0.1, 0.15) is 28.9 Å². The summed E-state index contributed by atoms with van der Waals surface area (Å²) in [4.78, 5) is 40.0. The average molecular weight is 452 g/mol. The van der Waals surface area contributed by atoms with Gasteiger partial charge in [-0.1, -0.05) is 0 Å². The summed E-state index contributed by atoms with van der Waals surface area (Å²) in [5.41, 5.74) is 5.73. The summed E-state index contributed by atoms with van der Waals surface area (Å²) < 4.78 is 30.8. The zero-order valence-electron chi connectivity index (χ0n) is 17.1. The van der Waals surface area contributed by atoms with Crippen LogP contribution in [0.3, 0.4) is 0 Å². The van der Waals surface area contributed by atoms with Gasteiger partial charge in [0.1, 0.15) is 11.4 Å². The van der Waals surface area contributed by atoms with Crippen molar-refractivity contribution in [3.05, 3.63) is 59.9 Å². The van der Waals surface area contributed by atoms with E-state index in [1.165, 1.54) is 24.4 Å². The maximum Gasteiger partial charge on any atom is 0.267 e. The third-order valence-corrected chi connectivity index (χ3v) is 4.79. The minimum Gasteiger partial charge on any atom is -0.439 e. The van der Waals surface area contributed by atoms with Gasteiger partial charge in [0.2, 0.25) is 11.8 Å². The number of pyridine rings is 1. The van der Waals surface area contributed by atoms with Gasteiger partial charge < -0.3 is 15.8 Å².